The number of benzene rings is 3. The number of aryl methyl sites for hydroxylation is 2. The lowest BCUT2D eigenvalue weighted by Crippen LogP contribution is -2.52. The number of halogens is 1. The van der Waals surface area contributed by atoms with Gasteiger partial charge in [-0.3, -0.25) is 13.9 Å². The van der Waals surface area contributed by atoms with Gasteiger partial charge in [0.2, 0.25) is 11.8 Å². The van der Waals surface area contributed by atoms with Crippen molar-refractivity contribution in [3.8, 4) is 0 Å². The molecule has 3 aromatic rings. The topological polar surface area (TPSA) is 86.8 Å². The highest BCUT2D eigenvalue weighted by molar-refractivity contribution is 7.92. The molecule has 0 saturated carbocycles. The highest BCUT2D eigenvalue weighted by Crippen LogP contribution is 2.25. The average molecular weight is 568 g/mol. The second kappa shape index (κ2) is 14.1. The molecule has 0 aliphatic heterocycles. The van der Waals surface area contributed by atoms with Gasteiger partial charge in [0.1, 0.15) is 18.4 Å². The first-order chi connectivity index (χ1) is 19.1. The van der Waals surface area contributed by atoms with E-state index in [4.69, 9.17) is 0 Å². The summed E-state index contributed by atoms with van der Waals surface area (Å²) in [7, 11) is -4.24. The molecular weight excluding hydrogens is 529 g/mol. The molecule has 0 aliphatic carbocycles. The summed E-state index contributed by atoms with van der Waals surface area (Å²) in [5.74, 6) is -1.37. The lowest BCUT2D eigenvalue weighted by atomic mass is 10.1. The molecule has 1 unspecified atom stereocenters. The second-order valence-corrected chi connectivity index (χ2v) is 11.7. The van der Waals surface area contributed by atoms with E-state index in [2.05, 4.69) is 5.32 Å². The summed E-state index contributed by atoms with van der Waals surface area (Å²) in [5.41, 5.74) is 3.03. The smallest absolute Gasteiger partial charge is 0.264 e. The molecule has 7 nitrogen and oxygen atoms in total. The van der Waals surface area contributed by atoms with Gasteiger partial charge in [-0.1, -0.05) is 62.2 Å². The molecule has 0 radical (unpaired) electrons. The molecular formula is C31H38FN3O4S. The van der Waals surface area contributed by atoms with E-state index < -0.39 is 34.3 Å². The number of hydrogen-bond acceptors (Lipinski definition) is 4. The Bertz CT molecular complexity index is 1390. The van der Waals surface area contributed by atoms with Crippen molar-refractivity contribution in [2.24, 2.45) is 0 Å². The van der Waals surface area contributed by atoms with Crippen molar-refractivity contribution in [1.29, 1.82) is 0 Å². The molecule has 0 bridgehead atoms. The van der Waals surface area contributed by atoms with Crippen LogP contribution in [0.1, 0.15) is 49.8 Å². The van der Waals surface area contributed by atoms with E-state index in [0.717, 1.165) is 46.0 Å². The maximum Gasteiger partial charge on any atom is 0.264 e. The van der Waals surface area contributed by atoms with Crippen molar-refractivity contribution < 1.29 is 22.4 Å². The normalized spacial score (nSPS) is 12.0. The number of carbonyl (C=O) groups is 2. The quantitative estimate of drug-likeness (QED) is 0.282. The van der Waals surface area contributed by atoms with Crippen molar-refractivity contribution in [2.75, 3.05) is 17.4 Å². The van der Waals surface area contributed by atoms with Gasteiger partial charge in [-0.15, -0.1) is 0 Å². The van der Waals surface area contributed by atoms with E-state index in [9.17, 15) is 22.4 Å². The second-order valence-electron chi connectivity index (χ2n) is 9.82. The predicted molar refractivity (Wildman–Crippen MR) is 156 cm³/mol. The molecule has 1 N–H and O–H groups in total. The van der Waals surface area contributed by atoms with E-state index in [1.165, 1.54) is 17.0 Å². The molecule has 3 rings (SSSR count). The summed E-state index contributed by atoms with van der Waals surface area (Å²) in [4.78, 5) is 28.6. The van der Waals surface area contributed by atoms with Gasteiger partial charge in [0, 0.05) is 13.1 Å². The molecule has 0 aliphatic rings. The Morgan fingerprint density at radius 3 is 2.17 bits per heavy atom. The highest BCUT2D eigenvalue weighted by atomic mass is 32.2. The number of unbranched alkanes of at least 4 members (excludes halogenated alkanes) is 1. The van der Waals surface area contributed by atoms with Gasteiger partial charge in [0.05, 0.1) is 10.6 Å². The van der Waals surface area contributed by atoms with Crippen LogP contribution in [0.3, 0.4) is 0 Å². The molecule has 0 heterocycles. The van der Waals surface area contributed by atoms with Gasteiger partial charge in [0.25, 0.3) is 10.0 Å². The van der Waals surface area contributed by atoms with Crippen LogP contribution >= 0.6 is 0 Å². The van der Waals surface area contributed by atoms with Gasteiger partial charge in [-0.2, -0.15) is 0 Å². The summed E-state index contributed by atoms with van der Waals surface area (Å²) < 4.78 is 42.2. The van der Waals surface area contributed by atoms with Crippen molar-refractivity contribution in [2.45, 2.75) is 64.4 Å². The first kappa shape index (κ1) is 30.8. The third-order valence-corrected chi connectivity index (χ3v) is 8.61. The van der Waals surface area contributed by atoms with Crippen LogP contribution in [-0.4, -0.2) is 44.3 Å². The van der Waals surface area contributed by atoms with Crippen LogP contribution in [0.25, 0.3) is 0 Å². The number of hydrogen-bond donors (Lipinski definition) is 1. The summed E-state index contributed by atoms with van der Waals surface area (Å²) in [6.07, 6.45) is 2.07. The van der Waals surface area contributed by atoms with Crippen LogP contribution in [-0.2, 0) is 26.2 Å². The monoisotopic (exact) mass is 567 g/mol. The summed E-state index contributed by atoms with van der Waals surface area (Å²) in [6.45, 7) is 7.76. The summed E-state index contributed by atoms with van der Waals surface area (Å²) in [6, 6.07) is 18.1. The summed E-state index contributed by atoms with van der Waals surface area (Å²) >= 11 is 0. The van der Waals surface area contributed by atoms with Gasteiger partial charge in [-0.25, -0.2) is 12.8 Å². The van der Waals surface area contributed by atoms with Crippen molar-refractivity contribution in [3.05, 3.63) is 95.3 Å². The third kappa shape index (κ3) is 7.69. The fourth-order valence-electron chi connectivity index (χ4n) is 4.37. The molecule has 2 amide bonds. The molecule has 9 heteroatoms. The Kier molecular flexibility index (Phi) is 10.8. The highest BCUT2D eigenvalue weighted by Gasteiger charge is 2.33. The van der Waals surface area contributed by atoms with Gasteiger partial charge in [0.15, 0.2) is 0 Å². The number of amides is 2. The van der Waals surface area contributed by atoms with Gasteiger partial charge in [-0.05, 0) is 74.2 Å². The molecule has 0 aromatic heterocycles. The Labute approximate surface area is 237 Å². The molecule has 0 saturated heterocycles. The number of rotatable bonds is 13. The first-order valence-electron chi connectivity index (χ1n) is 13.5. The average Bonchev–Trinajstić information content (AvgIpc) is 2.93. The molecule has 40 heavy (non-hydrogen) atoms. The number of nitrogens with zero attached hydrogens (tertiary/aromatic N) is 2. The van der Waals surface area contributed by atoms with Crippen molar-refractivity contribution in [1.82, 2.24) is 10.2 Å². The van der Waals surface area contributed by atoms with Crippen LogP contribution in [0.4, 0.5) is 10.1 Å². The molecule has 1 atom stereocenters. The lowest BCUT2D eigenvalue weighted by molar-refractivity contribution is -0.140. The molecule has 3 aromatic carbocycles. The largest absolute Gasteiger partial charge is 0.354 e. The standard InChI is InChI=1S/C31H38FN3O4S/c1-5-7-20-33-31(37)29(6-2)34(21-25-11-9-8-10-24(25)4)30(36)22-35(27-16-12-23(3)13-17-27)40(38,39)28-18-14-26(32)15-19-28/h8-19,29H,5-7,20-22H2,1-4H3,(H,33,37). The van der Waals surface area contributed by atoms with E-state index in [-0.39, 0.29) is 17.3 Å². The number of sulfonamides is 1. The van der Waals surface area contributed by atoms with Crippen molar-refractivity contribution >= 4 is 27.5 Å². The zero-order valence-corrected chi connectivity index (χ0v) is 24.4. The minimum Gasteiger partial charge on any atom is -0.354 e. The van der Waals surface area contributed by atoms with E-state index in [1.54, 1.807) is 24.3 Å². The van der Waals surface area contributed by atoms with Crippen LogP contribution < -0.4 is 9.62 Å². The zero-order chi connectivity index (χ0) is 29.3. The van der Waals surface area contributed by atoms with Crippen LogP contribution in [0, 0.1) is 19.7 Å². The lowest BCUT2D eigenvalue weighted by Gasteiger charge is -2.33. The predicted octanol–water partition coefficient (Wildman–Crippen LogP) is 5.36. The maximum absolute atomic E-state index is 14.1. The van der Waals surface area contributed by atoms with Crippen LogP contribution in [0.15, 0.2) is 77.7 Å². The fraction of sp³-hybridized carbons (Fsp3) is 0.355. The maximum atomic E-state index is 14.1. The Morgan fingerprint density at radius 1 is 0.925 bits per heavy atom. The Morgan fingerprint density at radius 2 is 1.57 bits per heavy atom. The number of nitrogens with one attached hydrogen (secondary N) is 1. The Balaban J connectivity index is 2.04. The van der Waals surface area contributed by atoms with Crippen LogP contribution in [0.2, 0.25) is 0 Å². The number of carbonyl (C=O) groups excluding carboxylic acids is 2. The SMILES string of the molecule is CCCCNC(=O)C(CC)N(Cc1ccccc1C)C(=O)CN(c1ccc(C)cc1)S(=O)(=O)c1ccc(F)cc1. The van der Waals surface area contributed by atoms with E-state index in [0.29, 0.717) is 18.7 Å². The summed E-state index contributed by atoms with van der Waals surface area (Å²) in [5, 5.41) is 2.92. The molecule has 0 spiro atoms. The van der Waals surface area contributed by atoms with E-state index >= 15 is 0 Å². The van der Waals surface area contributed by atoms with Crippen LogP contribution in [0.5, 0.6) is 0 Å². The Hall–Kier alpha value is -3.72. The zero-order valence-electron chi connectivity index (χ0n) is 23.6. The minimum absolute atomic E-state index is 0.142. The van der Waals surface area contributed by atoms with Crippen molar-refractivity contribution in [3.63, 3.8) is 0 Å². The molecule has 0 fully saturated rings. The first-order valence-corrected chi connectivity index (χ1v) is 15.0. The molecule has 214 valence electrons. The number of anilines is 1. The van der Waals surface area contributed by atoms with E-state index in [1.807, 2.05) is 52.0 Å². The fourth-order valence-corrected chi connectivity index (χ4v) is 5.78. The third-order valence-electron chi connectivity index (χ3n) is 6.82. The van der Waals surface area contributed by atoms with Gasteiger partial charge >= 0.3 is 0 Å². The minimum atomic E-state index is -4.24. The van der Waals surface area contributed by atoms with Gasteiger partial charge < -0.3 is 10.2 Å².